The summed E-state index contributed by atoms with van der Waals surface area (Å²) >= 11 is 4.82. The number of hydrogen-bond acceptors (Lipinski definition) is 4. The van der Waals surface area contributed by atoms with Crippen molar-refractivity contribution < 1.29 is 8.42 Å². The van der Waals surface area contributed by atoms with Crippen LogP contribution in [-0.2, 0) is 17.1 Å². The van der Waals surface area contributed by atoms with E-state index in [1.54, 1.807) is 18.5 Å². The summed E-state index contributed by atoms with van der Waals surface area (Å²) in [6, 6.07) is 0. The van der Waals surface area contributed by atoms with E-state index in [1.165, 1.54) is 23.9 Å². The minimum Gasteiger partial charge on any atom is -0.393 e. The third kappa shape index (κ3) is 3.24. The lowest BCUT2D eigenvalue weighted by Gasteiger charge is -2.19. The van der Waals surface area contributed by atoms with Gasteiger partial charge in [0.1, 0.15) is 0 Å². The van der Waals surface area contributed by atoms with Gasteiger partial charge in [-0.3, -0.25) is 0 Å². The molecular weight excluding hydrogens is 260 g/mol. The number of hydrogen-bond donors (Lipinski definition) is 1. The third-order valence-electron chi connectivity index (χ3n) is 2.37. The van der Waals surface area contributed by atoms with E-state index in [-0.39, 0.29) is 17.5 Å². The SMILES string of the molecule is CC(CN(C)S(=O)(=O)c1cn(C)cn1)C(N)=S. The Hall–Kier alpha value is -0.990. The van der Waals surface area contributed by atoms with Gasteiger partial charge in [0.2, 0.25) is 0 Å². The Morgan fingerprint density at radius 2 is 2.29 bits per heavy atom. The van der Waals surface area contributed by atoms with E-state index < -0.39 is 10.0 Å². The van der Waals surface area contributed by atoms with Gasteiger partial charge in [0.25, 0.3) is 10.0 Å². The van der Waals surface area contributed by atoms with Gasteiger partial charge >= 0.3 is 0 Å². The largest absolute Gasteiger partial charge is 0.393 e. The molecule has 8 heteroatoms. The van der Waals surface area contributed by atoms with Crippen LogP contribution in [0.3, 0.4) is 0 Å². The van der Waals surface area contributed by atoms with Crippen LogP contribution in [0.25, 0.3) is 0 Å². The van der Waals surface area contributed by atoms with E-state index in [0.29, 0.717) is 4.99 Å². The molecule has 0 spiro atoms. The highest BCUT2D eigenvalue weighted by atomic mass is 32.2. The van der Waals surface area contributed by atoms with Crippen molar-refractivity contribution >= 4 is 27.2 Å². The summed E-state index contributed by atoms with van der Waals surface area (Å²) in [7, 11) is -0.364. The second kappa shape index (κ2) is 5.11. The second-order valence-corrected chi connectivity index (χ2v) is 6.43. The van der Waals surface area contributed by atoms with E-state index >= 15 is 0 Å². The molecule has 1 heterocycles. The highest BCUT2D eigenvalue weighted by Gasteiger charge is 2.25. The van der Waals surface area contributed by atoms with Crippen LogP contribution in [0.1, 0.15) is 6.92 Å². The van der Waals surface area contributed by atoms with Crippen LogP contribution in [0.5, 0.6) is 0 Å². The molecule has 1 aromatic heterocycles. The van der Waals surface area contributed by atoms with Crippen LogP contribution in [0.15, 0.2) is 17.6 Å². The first kappa shape index (κ1) is 14.1. The molecule has 0 aliphatic rings. The zero-order valence-corrected chi connectivity index (χ0v) is 11.6. The van der Waals surface area contributed by atoms with Crippen LogP contribution < -0.4 is 5.73 Å². The Balaban J connectivity index is 2.88. The van der Waals surface area contributed by atoms with Crippen molar-refractivity contribution in [3.63, 3.8) is 0 Å². The molecule has 0 radical (unpaired) electrons. The normalized spacial score (nSPS) is 13.9. The molecule has 1 atom stereocenters. The van der Waals surface area contributed by atoms with Crippen molar-refractivity contribution in [3.8, 4) is 0 Å². The molecule has 0 fully saturated rings. The first-order chi connectivity index (χ1) is 7.75. The summed E-state index contributed by atoms with van der Waals surface area (Å²) in [5.41, 5.74) is 5.46. The van der Waals surface area contributed by atoms with Crippen LogP contribution in [-0.4, -0.2) is 40.9 Å². The fourth-order valence-corrected chi connectivity index (χ4v) is 2.55. The number of thiocarbonyl (C=S) groups is 1. The Kier molecular flexibility index (Phi) is 4.23. The van der Waals surface area contributed by atoms with Gasteiger partial charge in [0.15, 0.2) is 5.03 Å². The average Bonchev–Trinajstić information content (AvgIpc) is 2.64. The molecule has 0 saturated carbocycles. The summed E-state index contributed by atoms with van der Waals surface area (Å²) in [5.74, 6) is -0.173. The standard InChI is InChI=1S/C9H16N4O2S2/c1-7(9(10)16)4-13(3)17(14,15)8-5-12(2)6-11-8/h5-7H,4H2,1-3H3,(H2,10,16). The number of aryl methyl sites for hydroxylation is 1. The minimum absolute atomic E-state index is 0.0256. The first-order valence-electron chi connectivity index (χ1n) is 4.98. The molecule has 0 aliphatic heterocycles. The first-order valence-corrected chi connectivity index (χ1v) is 6.83. The van der Waals surface area contributed by atoms with Crippen LogP contribution in [0, 0.1) is 5.92 Å². The monoisotopic (exact) mass is 276 g/mol. The van der Waals surface area contributed by atoms with Crippen molar-refractivity contribution in [1.82, 2.24) is 13.9 Å². The summed E-state index contributed by atoms with van der Waals surface area (Å²) in [6.45, 7) is 2.03. The van der Waals surface area contributed by atoms with Gasteiger partial charge in [-0.05, 0) is 0 Å². The lowest BCUT2D eigenvalue weighted by atomic mass is 10.2. The van der Waals surface area contributed by atoms with Gasteiger partial charge < -0.3 is 10.3 Å². The molecule has 2 N–H and O–H groups in total. The van der Waals surface area contributed by atoms with Crippen molar-refractivity contribution in [2.75, 3.05) is 13.6 Å². The maximum absolute atomic E-state index is 12.1. The van der Waals surface area contributed by atoms with E-state index in [4.69, 9.17) is 18.0 Å². The van der Waals surface area contributed by atoms with Gasteiger partial charge in [-0.2, -0.15) is 4.31 Å². The predicted octanol–water partition coefficient (Wildman–Crippen LogP) is -0.0372. The van der Waals surface area contributed by atoms with Crippen LogP contribution in [0.2, 0.25) is 0 Å². The fourth-order valence-electron chi connectivity index (χ4n) is 1.26. The van der Waals surface area contributed by atoms with Crippen LogP contribution in [0.4, 0.5) is 0 Å². The topological polar surface area (TPSA) is 81.2 Å². The summed E-state index contributed by atoms with van der Waals surface area (Å²) in [6.07, 6.45) is 2.90. The lowest BCUT2D eigenvalue weighted by molar-refractivity contribution is 0.443. The van der Waals surface area contributed by atoms with E-state index in [2.05, 4.69) is 4.98 Å². The molecular formula is C9H16N4O2S2. The number of nitrogens with zero attached hydrogens (tertiary/aromatic N) is 3. The lowest BCUT2D eigenvalue weighted by Crippen LogP contribution is -2.35. The molecule has 17 heavy (non-hydrogen) atoms. The molecule has 1 unspecified atom stereocenters. The van der Waals surface area contributed by atoms with Gasteiger partial charge in [-0.1, -0.05) is 19.1 Å². The zero-order valence-electron chi connectivity index (χ0n) is 9.99. The molecule has 6 nitrogen and oxygen atoms in total. The zero-order chi connectivity index (χ0) is 13.2. The molecule has 0 bridgehead atoms. The third-order valence-corrected chi connectivity index (χ3v) is 4.48. The van der Waals surface area contributed by atoms with Crippen molar-refractivity contribution in [2.45, 2.75) is 11.9 Å². The van der Waals surface area contributed by atoms with E-state index in [9.17, 15) is 8.42 Å². The van der Waals surface area contributed by atoms with Gasteiger partial charge in [-0.25, -0.2) is 13.4 Å². The summed E-state index contributed by atoms with van der Waals surface area (Å²) in [5, 5.41) is 0.0256. The number of nitrogens with two attached hydrogens (primary N) is 1. The predicted molar refractivity (Wildman–Crippen MR) is 69.0 cm³/mol. The Labute approximate surface area is 106 Å². The van der Waals surface area contributed by atoms with Crippen molar-refractivity contribution in [1.29, 1.82) is 0 Å². The van der Waals surface area contributed by atoms with Crippen molar-refractivity contribution in [3.05, 3.63) is 12.5 Å². The quantitative estimate of drug-likeness (QED) is 0.763. The van der Waals surface area contributed by atoms with Crippen LogP contribution >= 0.6 is 12.2 Å². The van der Waals surface area contributed by atoms with Gasteiger partial charge in [0.05, 0.1) is 11.3 Å². The molecule has 1 rings (SSSR count). The Morgan fingerprint density at radius 3 is 2.71 bits per heavy atom. The molecule has 96 valence electrons. The van der Waals surface area contributed by atoms with Gasteiger partial charge in [0, 0.05) is 32.8 Å². The maximum atomic E-state index is 12.1. The maximum Gasteiger partial charge on any atom is 0.261 e. The Bertz CT molecular complexity index is 509. The molecule has 0 aromatic carbocycles. The number of aromatic nitrogens is 2. The molecule has 0 saturated heterocycles. The smallest absolute Gasteiger partial charge is 0.261 e. The number of rotatable bonds is 5. The average molecular weight is 276 g/mol. The van der Waals surface area contributed by atoms with Crippen molar-refractivity contribution in [2.24, 2.45) is 18.7 Å². The molecule has 1 aromatic rings. The molecule has 0 amide bonds. The summed E-state index contributed by atoms with van der Waals surface area (Å²) in [4.78, 5) is 4.13. The van der Waals surface area contributed by atoms with E-state index in [0.717, 1.165) is 0 Å². The second-order valence-electron chi connectivity index (χ2n) is 3.97. The Morgan fingerprint density at radius 1 is 1.71 bits per heavy atom. The highest BCUT2D eigenvalue weighted by Crippen LogP contribution is 2.12. The minimum atomic E-state index is -3.56. The fraction of sp³-hybridized carbons (Fsp3) is 0.556. The number of imidazole rings is 1. The van der Waals surface area contributed by atoms with E-state index in [1.807, 2.05) is 0 Å². The summed E-state index contributed by atoms with van der Waals surface area (Å²) < 4.78 is 26.9. The highest BCUT2D eigenvalue weighted by molar-refractivity contribution is 7.89. The van der Waals surface area contributed by atoms with Gasteiger partial charge in [-0.15, -0.1) is 0 Å². The molecule has 0 aliphatic carbocycles. The number of sulfonamides is 1.